The molecule has 0 aliphatic carbocycles. The van der Waals surface area contributed by atoms with E-state index in [0.717, 1.165) is 0 Å². The second kappa shape index (κ2) is 2.94. The number of rotatable bonds is 3. The highest BCUT2D eigenvalue weighted by atomic mass is 16.5. The molecule has 0 spiro atoms. The van der Waals surface area contributed by atoms with E-state index in [4.69, 9.17) is 10.5 Å². The second-order valence-corrected chi connectivity index (χ2v) is 2.52. The minimum absolute atomic E-state index is 0.553. The first-order valence-corrected chi connectivity index (χ1v) is 3.44. The summed E-state index contributed by atoms with van der Waals surface area (Å²) in [7, 11) is 1.42. The van der Waals surface area contributed by atoms with Crippen LogP contribution in [0.4, 0.5) is 0 Å². The van der Waals surface area contributed by atoms with Gasteiger partial charge in [0.15, 0.2) is 0 Å². The lowest BCUT2D eigenvalue weighted by atomic mass is 10.2. The molecule has 0 aliphatic rings. The molecule has 66 valence electrons. The molecular formula is C7H11N3O2. The molecular weight excluding hydrogens is 158 g/mol. The molecule has 1 rings (SSSR count). The first-order chi connectivity index (χ1) is 5.61. The fourth-order valence-corrected chi connectivity index (χ4v) is 0.845. The maximum absolute atomic E-state index is 11.0. The van der Waals surface area contributed by atoms with Crippen LogP contribution in [-0.4, -0.2) is 22.6 Å². The van der Waals surface area contributed by atoms with Gasteiger partial charge in [0.05, 0.1) is 6.33 Å². The Morgan fingerprint density at radius 3 is 2.75 bits per heavy atom. The zero-order valence-electron chi connectivity index (χ0n) is 7.02. The summed E-state index contributed by atoms with van der Waals surface area (Å²) in [6.45, 7) is 1.58. The van der Waals surface area contributed by atoms with Crippen molar-refractivity contribution in [3.8, 4) is 0 Å². The summed E-state index contributed by atoms with van der Waals surface area (Å²) in [6.07, 6.45) is 4.66. The number of hydrogen-bond donors (Lipinski definition) is 1. The van der Waals surface area contributed by atoms with Crippen LogP contribution >= 0.6 is 0 Å². The highest BCUT2D eigenvalue weighted by Gasteiger charge is 2.32. The maximum atomic E-state index is 11.0. The van der Waals surface area contributed by atoms with E-state index in [2.05, 4.69) is 4.98 Å². The lowest BCUT2D eigenvalue weighted by Gasteiger charge is -2.25. The summed E-state index contributed by atoms with van der Waals surface area (Å²) >= 11 is 0. The number of nitrogens with two attached hydrogens (primary N) is 1. The Morgan fingerprint density at radius 1 is 1.75 bits per heavy atom. The van der Waals surface area contributed by atoms with E-state index in [1.807, 2.05) is 0 Å². The molecule has 5 heteroatoms. The highest BCUT2D eigenvalue weighted by molar-refractivity contribution is 5.80. The van der Waals surface area contributed by atoms with Gasteiger partial charge in [-0.15, -0.1) is 0 Å². The third-order valence-corrected chi connectivity index (χ3v) is 1.85. The van der Waals surface area contributed by atoms with Crippen molar-refractivity contribution in [2.24, 2.45) is 5.73 Å². The average molecular weight is 169 g/mol. The van der Waals surface area contributed by atoms with Gasteiger partial charge in [-0.1, -0.05) is 0 Å². The predicted molar refractivity (Wildman–Crippen MR) is 42.1 cm³/mol. The quantitative estimate of drug-likeness (QED) is 0.674. The lowest BCUT2D eigenvalue weighted by molar-refractivity contribution is -0.150. The summed E-state index contributed by atoms with van der Waals surface area (Å²) in [5.41, 5.74) is 4.02. The third-order valence-electron chi connectivity index (χ3n) is 1.85. The molecule has 0 radical (unpaired) electrons. The van der Waals surface area contributed by atoms with Crippen molar-refractivity contribution < 1.29 is 9.53 Å². The van der Waals surface area contributed by atoms with E-state index >= 15 is 0 Å². The molecule has 1 heterocycles. The van der Waals surface area contributed by atoms with Gasteiger partial charge in [-0.2, -0.15) is 0 Å². The molecule has 1 amide bonds. The SMILES string of the molecule is COC(C)(C(N)=O)n1ccnc1. The van der Waals surface area contributed by atoms with Crippen molar-refractivity contribution >= 4 is 5.91 Å². The molecule has 0 aromatic carbocycles. The second-order valence-electron chi connectivity index (χ2n) is 2.52. The zero-order chi connectivity index (χ0) is 9.19. The Morgan fingerprint density at radius 2 is 2.42 bits per heavy atom. The van der Waals surface area contributed by atoms with Gasteiger partial charge in [-0.05, 0) is 6.92 Å². The fraction of sp³-hybridized carbons (Fsp3) is 0.429. The third kappa shape index (κ3) is 1.18. The summed E-state index contributed by atoms with van der Waals surface area (Å²) < 4.78 is 6.50. The van der Waals surface area contributed by atoms with Gasteiger partial charge >= 0.3 is 0 Å². The van der Waals surface area contributed by atoms with Crippen molar-refractivity contribution in [3.05, 3.63) is 18.7 Å². The first kappa shape index (κ1) is 8.73. The minimum atomic E-state index is -1.14. The Balaban J connectivity index is 3.04. The first-order valence-electron chi connectivity index (χ1n) is 3.44. The highest BCUT2D eigenvalue weighted by Crippen LogP contribution is 2.14. The normalized spacial score (nSPS) is 15.5. The smallest absolute Gasteiger partial charge is 0.271 e. The number of imidazole rings is 1. The largest absolute Gasteiger partial charge is 0.365 e. The molecule has 0 bridgehead atoms. The van der Waals surface area contributed by atoms with Crippen LogP contribution in [0.5, 0.6) is 0 Å². The molecule has 2 N–H and O–H groups in total. The van der Waals surface area contributed by atoms with Crippen LogP contribution in [0.15, 0.2) is 18.7 Å². The summed E-state index contributed by atoms with van der Waals surface area (Å²) in [5.74, 6) is -0.553. The van der Waals surface area contributed by atoms with Crippen LogP contribution in [0.1, 0.15) is 6.92 Å². The average Bonchev–Trinajstić information content (AvgIpc) is 2.54. The number of ether oxygens (including phenoxy) is 1. The van der Waals surface area contributed by atoms with Crippen LogP contribution in [0.3, 0.4) is 0 Å². The van der Waals surface area contributed by atoms with Crippen LogP contribution in [-0.2, 0) is 15.3 Å². The molecule has 0 saturated heterocycles. The van der Waals surface area contributed by atoms with Crippen LogP contribution in [0.25, 0.3) is 0 Å². The number of amides is 1. The molecule has 0 aliphatic heterocycles. The van der Waals surface area contributed by atoms with E-state index in [0.29, 0.717) is 0 Å². The lowest BCUT2D eigenvalue weighted by Crippen LogP contribution is -2.44. The van der Waals surface area contributed by atoms with Gasteiger partial charge in [0.25, 0.3) is 5.91 Å². The molecule has 0 fully saturated rings. The molecule has 5 nitrogen and oxygen atoms in total. The van der Waals surface area contributed by atoms with Gasteiger partial charge in [0.1, 0.15) is 0 Å². The number of aromatic nitrogens is 2. The molecule has 1 aromatic rings. The van der Waals surface area contributed by atoms with Crippen molar-refractivity contribution in [2.75, 3.05) is 7.11 Å². The van der Waals surface area contributed by atoms with Crippen molar-refractivity contribution in [1.82, 2.24) is 9.55 Å². The number of primary amides is 1. The van der Waals surface area contributed by atoms with Gasteiger partial charge in [0.2, 0.25) is 5.72 Å². The minimum Gasteiger partial charge on any atom is -0.365 e. The Bertz CT molecular complexity index is 270. The number of hydrogen-bond acceptors (Lipinski definition) is 3. The van der Waals surface area contributed by atoms with Crippen molar-refractivity contribution in [1.29, 1.82) is 0 Å². The number of carbonyl (C=O) groups is 1. The molecule has 0 saturated carbocycles. The Hall–Kier alpha value is -1.36. The maximum Gasteiger partial charge on any atom is 0.271 e. The Kier molecular flexibility index (Phi) is 2.14. The number of nitrogens with zero attached hydrogens (tertiary/aromatic N) is 2. The molecule has 12 heavy (non-hydrogen) atoms. The molecule has 1 aromatic heterocycles. The van der Waals surface area contributed by atoms with E-state index < -0.39 is 11.6 Å². The topological polar surface area (TPSA) is 70.1 Å². The van der Waals surface area contributed by atoms with Gasteiger partial charge in [-0.3, -0.25) is 4.79 Å². The van der Waals surface area contributed by atoms with Crippen molar-refractivity contribution in [3.63, 3.8) is 0 Å². The van der Waals surface area contributed by atoms with Gasteiger partial charge < -0.3 is 15.0 Å². The number of methoxy groups -OCH3 is 1. The monoisotopic (exact) mass is 169 g/mol. The predicted octanol–water partition coefficient (Wildman–Crippen LogP) is -0.313. The van der Waals surface area contributed by atoms with Crippen LogP contribution < -0.4 is 5.73 Å². The summed E-state index contributed by atoms with van der Waals surface area (Å²) in [5, 5.41) is 0. The van der Waals surface area contributed by atoms with Crippen LogP contribution in [0.2, 0.25) is 0 Å². The fourth-order valence-electron chi connectivity index (χ4n) is 0.845. The van der Waals surface area contributed by atoms with E-state index in [9.17, 15) is 4.79 Å². The zero-order valence-corrected chi connectivity index (χ0v) is 7.02. The summed E-state index contributed by atoms with van der Waals surface area (Å²) in [6, 6.07) is 0. The molecule has 1 unspecified atom stereocenters. The van der Waals surface area contributed by atoms with E-state index in [1.165, 1.54) is 18.0 Å². The molecule has 1 atom stereocenters. The van der Waals surface area contributed by atoms with Crippen molar-refractivity contribution in [2.45, 2.75) is 12.6 Å². The Labute approximate surface area is 70.1 Å². The van der Waals surface area contributed by atoms with Gasteiger partial charge in [-0.25, -0.2) is 4.98 Å². The summed E-state index contributed by atoms with van der Waals surface area (Å²) in [4.78, 5) is 14.8. The van der Waals surface area contributed by atoms with E-state index in [-0.39, 0.29) is 0 Å². The van der Waals surface area contributed by atoms with Gasteiger partial charge in [0, 0.05) is 19.5 Å². The standard InChI is InChI=1S/C7H11N3O2/c1-7(12-2,6(8)11)10-4-3-9-5-10/h3-5H,1-2H3,(H2,8,11). The number of carbonyl (C=O) groups excluding carboxylic acids is 1. The van der Waals surface area contributed by atoms with Crippen LogP contribution in [0, 0.1) is 0 Å². The van der Waals surface area contributed by atoms with E-state index in [1.54, 1.807) is 19.3 Å².